The van der Waals surface area contributed by atoms with Crippen molar-refractivity contribution < 1.29 is 14.6 Å². The molecule has 0 fully saturated rings. The summed E-state index contributed by atoms with van der Waals surface area (Å²) in [5.41, 5.74) is 0. The quantitative estimate of drug-likeness (QED) is 0.719. The molecule has 0 heterocycles. The number of rotatable bonds is 4. The third kappa shape index (κ3) is 2.27. The molecule has 0 spiro atoms. The van der Waals surface area contributed by atoms with Crippen LogP contribution in [0.2, 0.25) is 0 Å². The number of ether oxygens (including phenoxy) is 2. The first kappa shape index (κ1) is 9.19. The Bertz CT molecular complexity index is 318. The highest BCUT2D eigenvalue weighted by molar-refractivity contribution is 5.45. The van der Waals surface area contributed by atoms with E-state index in [1.54, 1.807) is 12.1 Å². The first-order valence-electron chi connectivity index (χ1n) is 3.66. The molecule has 68 valence electrons. The number of aromatic hydroxyl groups is 1. The Balaban J connectivity index is 2.95. The van der Waals surface area contributed by atoms with Crippen LogP contribution in [-0.2, 0) is 0 Å². The molecule has 3 heteroatoms. The van der Waals surface area contributed by atoms with Gasteiger partial charge in [-0.05, 0) is 12.1 Å². The summed E-state index contributed by atoms with van der Waals surface area (Å²) < 4.78 is 9.91. The zero-order valence-electron chi connectivity index (χ0n) is 7.06. The van der Waals surface area contributed by atoms with Crippen LogP contribution >= 0.6 is 0 Å². The van der Waals surface area contributed by atoms with E-state index in [-0.39, 0.29) is 5.75 Å². The van der Waals surface area contributed by atoms with Gasteiger partial charge >= 0.3 is 0 Å². The van der Waals surface area contributed by atoms with Crippen LogP contribution in [-0.4, -0.2) is 5.11 Å². The lowest BCUT2D eigenvalue weighted by molar-refractivity contribution is 0.405. The van der Waals surface area contributed by atoms with Gasteiger partial charge in [-0.25, -0.2) is 0 Å². The molecule has 0 bridgehead atoms. The van der Waals surface area contributed by atoms with Crippen molar-refractivity contribution in [3.05, 3.63) is 43.9 Å². The molecule has 3 nitrogen and oxygen atoms in total. The predicted octanol–water partition coefficient (Wildman–Crippen LogP) is 2.44. The zero-order chi connectivity index (χ0) is 9.68. The second kappa shape index (κ2) is 4.21. The van der Waals surface area contributed by atoms with Crippen molar-refractivity contribution in [3.8, 4) is 17.2 Å². The fourth-order valence-electron chi connectivity index (χ4n) is 0.848. The molecule has 1 N–H and O–H groups in total. The highest BCUT2D eigenvalue weighted by Gasteiger charge is 2.02. The highest BCUT2D eigenvalue weighted by atomic mass is 16.5. The van der Waals surface area contributed by atoms with Crippen molar-refractivity contribution in [2.24, 2.45) is 0 Å². The summed E-state index contributed by atoms with van der Waals surface area (Å²) in [7, 11) is 0. The van der Waals surface area contributed by atoms with E-state index >= 15 is 0 Å². The maximum atomic E-state index is 9.28. The number of hydrogen-bond acceptors (Lipinski definition) is 3. The molecule has 0 aliphatic heterocycles. The minimum Gasteiger partial charge on any atom is -0.504 e. The maximum absolute atomic E-state index is 9.28. The lowest BCUT2D eigenvalue weighted by Gasteiger charge is -2.05. The monoisotopic (exact) mass is 178 g/mol. The standard InChI is InChI=1S/C10H10O3/c1-3-12-8-5-6-9(11)10(7-8)13-4-2/h3-7,11H,1-2H2. The van der Waals surface area contributed by atoms with Gasteiger partial charge in [-0.15, -0.1) is 0 Å². The van der Waals surface area contributed by atoms with Gasteiger partial charge in [0.05, 0.1) is 12.5 Å². The molecule has 1 rings (SSSR count). The molecule has 0 saturated carbocycles. The van der Waals surface area contributed by atoms with Gasteiger partial charge < -0.3 is 14.6 Å². The summed E-state index contributed by atoms with van der Waals surface area (Å²) in [6.45, 7) is 6.79. The minimum absolute atomic E-state index is 0.0383. The van der Waals surface area contributed by atoms with Crippen LogP contribution in [0, 0.1) is 0 Å². The Morgan fingerprint density at radius 1 is 1.15 bits per heavy atom. The van der Waals surface area contributed by atoms with Crippen molar-refractivity contribution in [1.29, 1.82) is 0 Å². The lowest BCUT2D eigenvalue weighted by Crippen LogP contribution is -1.85. The maximum Gasteiger partial charge on any atom is 0.171 e. The molecule has 1 aromatic carbocycles. The molecule has 1 aromatic rings. The first-order chi connectivity index (χ1) is 6.27. The van der Waals surface area contributed by atoms with Gasteiger partial charge in [-0.2, -0.15) is 0 Å². The van der Waals surface area contributed by atoms with E-state index in [1.807, 2.05) is 0 Å². The van der Waals surface area contributed by atoms with Crippen LogP contribution in [0.4, 0.5) is 0 Å². The van der Waals surface area contributed by atoms with Gasteiger partial charge in [0.15, 0.2) is 11.5 Å². The van der Waals surface area contributed by atoms with Gasteiger partial charge in [0.1, 0.15) is 5.75 Å². The summed E-state index contributed by atoms with van der Waals surface area (Å²) in [4.78, 5) is 0. The Kier molecular flexibility index (Phi) is 2.97. The number of hydrogen-bond donors (Lipinski definition) is 1. The van der Waals surface area contributed by atoms with Crippen LogP contribution in [0.15, 0.2) is 43.9 Å². The molecule has 0 unspecified atom stereocenters. The molecule has 0 amide bonds. The smallest absolute Gasteiger partial charge is 0.171 e. The van der Waals surface area contributed by atoms with E-state index in [1.165, 1.54) is 18.6 Å². The van der Waals surface area contributed by atoms with Gasteiger partial charge in [0, 0.05) is 6.07 Å². The van der Waals surface area contributed by atoms with Gasteiger partial charge in [0.25, 0.3) is 0 Å². The van der Waals surface area contributed by atoms with Crippen molar-refractivity contribution in [3.63, 3.8) is 0 Å². The Morgan fingerprint density at radius 3 is 2.46 bits per heavy atom. The van der Waals surface area contributed by atoms with Crippen molar-refractivity contribution >= 4 is 0 Å². The second-order valence-electron chi connectivity index (χ2n) is 2.20. The summed E-state index contributed by atoms with van der Waals surface area (Å²) >= 11 is 0. The fourth-order valence-corrected chi connectivity index (χ4v) is 0.848. The molecular formula is C10H10O3. The Hall–Kier alpha value is -1.90. The van der Waals surface area contributed by atoms with Crippen LogP contribution in [0.25, 0.3) is 0 Å². The minimum atomic E-state index is 0.0383. The summed E-state index contributed by atoms with van der Waals surface area (Å²) in [6.07, 6.45) is 2.52. The topological polar surface area (TPSA) is 38.7 Å². The third-order valence-corrected chi connectivity index (χ3v) is 1.36. The van der Waals surface area contributed by atoms with E-state index in [2.05, 4.69) is 13.2 Å². The van der Waals surface area contributed by atoms with E-state index in [9.17, 15) is 5.11 Å². The van der Waals surface area contributed by atoms with Gasteiger partial charge in [-0.1, -0.05) is 13.2 Å². The predicted molar refractivity (Wildman–Crippen MR) is 49.8 cm³/mol. The number of benzene rings is 1. The molecule has 0 atom stereocenters. The highest BCUT2D eigenvalue weighted by Crippen LogP contribution is 2.30. The molecule has 0 saturated heterocycles. The average Bonchev–Trinajstić information content (AvgIpc) is 2.12. The van der Waals surface area contributed by atoms with E-state index < -0.39 is 0 Å². The van der Waals surface area contributed by atoms with Crippen LogP contribution in [0.3, 0.4) is 0 Å². The lowest BCUT2D eigenvalue weighted by atomic mass is 10.3. The van der Waals surface area contributed by atoms with Crippen molar-refractivity contribution in [2.45, 2.75) is 0 Å². The van der Waals surface area contributed by atoms with E-state index in [0.717, 1.165) is 0 Å². The van der Waals surface area contributed by atoms with Crippen LogP contribution < -0.4 is 9.47 Å². The molecule has 0 radical (unpaired) electrons. The van der Waals surface area contributed by atoms with Crippen molar-refractivity contribution in [1.82, 2.24) is 0 Å². The Labute approximate surface area is 76.5 Å². The third-order valence-electron chi connectivity index (χ3n) is 1.36. The van der Waals surface area contributed by atoms with E-state index in [4.69, 9.17) is 9.47 Å². The van der Waals surface area contributed by atoms with Crippen LogP contribution in [0.5, 0.6) is 17.2 Å². The largest absolute Gasteiger partial charge is 0.504 e. The summed E-state index contributed by atoms with van der Waals surface area (Å²) in [6, 6.07) is 4.61. The number of phenolic OH excluding ortho intramolecular Hbond substituents is 1. The fraction of sp³-hybridized carbons (Fsp3) is 0. The second-order valence-corrected chi connectivity index (χ2v) is 2.20. The molecular weight excluding hydrogens is 168 g/mol. The van der Waals surface area contributed by atoms with Gasteiger partial charge in [0.2, 0.25) is 0 Å². The SMILES string of the molecule is C=COc1ccc(O)c(OC=C)c1. The zero-order valence-corrected chi connectivity index (χ0v) is 7.06. The molecule has 0 aromatic heterocycles. The van der Waals surface area contributed by atoms with Crippen LogP contribution in [0.1, 0.15) is 0 Å². The first-order valence-corrected chi connectivity index (χ1v) is 3.66. The normalized spacial score (nSPS) is 8.92. The van der Waals surface area contributed by atoms with Gasteiger partial charge in [-0.3, -0.25) is 0 Å². The molecule has 0 aliphatic carbocycles. The summed E-state index contributed by atoms with van der Waals surface area (Å²) in [5, 5.41) is 9.28. The van der Waals surface area contributed by atoms with Crippen molar-refractivity contribution in [2.75, 3.05) is 0 Å². The van der Waals surface area contributed by atoms with E-state index in [0.29, 0.717) is 11.5 Å². The number of phenols is 1. The molecule has 13 heavy (non-hydrogen) atoms. The molecule has 0 aliphatic rings. The summed E-state index contributed by atoms with van der Waals surface area (Å²) in [5.74, 6) is 0.885. The Morgan fingerprint density at radius 2 is 1.85 bits per heavy atom. The average molecular weight is 178 g/mol.